The molecule has 0 saturated carbocycles. The normalized spacial score (nSPS) is 20.5. The van der Waals surface area contributed by atoms with Crippen molar-refractivity contribution in [2.24, 2.45) is 5.92 Å². The molecule has 23 heavy (non-hydrogen) atoms. The standard InChI is InChI=1S/C17H28N4OS/c1-13(2)3-4-16-19-14(12-23-16)11-20-8-5-15(6-9-20)21-10-7-18-17(21)22/h12-13,15H,3-11H2,1-2H3,(H,18,22). The summed E-state index contributed by atoms with van der Waals surface area (Å²) in [5.41, 5.74) is 1.21. The third kappa shape index (κ3) is 4.44. The van der Waals surface area contributed by atoms with Crippen molar-refractivity contribution in [1.82, 2.24) is 20.1 Å². The highest BCUT2D eigenvalue weighted by atomic mass is 32.1. The number of likely N-dealkylation sites (tertiary alicyclic amines) is 1. The first-order chi connectivity index (χ1) is 11.1. The number of amides is 2. The number of carbonyl (C=O) groups is 1. The van der Waals surface area contributed by atoms with E-state index >= 15 is 0 Å². The van der Waals surface area contributed by atoms with Crippen molar-refractivity contribution in [1.29, 1.82) is 0 Å². The Kier molecular flexibility index (Phi) is 5.54. The van der Waals surface area contributed by atoms with Gasteiger partial charge in [-0.25, -0.2) is 9.78 Å². The molecule has 6 heteroatoms. The van der Waals surface area contributed by atoms with Gasteiger partial charge in [0.25, 0.3) is 0 Å². The summed E-state index contributed by atoms with van der Waals surface area (Å²) in [6.45, 7) is 9.28. The zero-order valence-electron chi connectivity index (χ0n) is 14.3. The largest absolute Gasteiger partial charge is 0.336 e. The van der Waals surface area contributed by atoms with Gasteiger partial charge in [-0.2, -0.15) is 0 Å². The van der Waals surface area contributed by atoms with Crippen molar-refractivity contribution in [2.45, 2.75) is 52.1 Å². The molecule has 1 N–H and O–H groups in total. The van der Waals surface area contributed by atoms with Crippen molar-refractivity contribution >= 4 is 17.4 Å². The van der Waals surface area contributed by atoms with E-state index in [1.54, 1.807) is 11.3 Å². The SMILES string of the molecule is CC(C)CCc1nc(CN2CCC(N3CCNC3=O)CC2)cs1. The molecule has 2 saturated heterocycles. The van der Waals surface area contributed by atoms with Crippen LogP contribution in [0.25, 0.3) is 0 Å². The first-order valence-electron chi connectivity index (χ1n) is 8.82. The zero-order chi connectivity index (χ0) is 16.2. The Hall–Kier alpha value is -1.14. The van der Waals surface area contributed by atoms with Crippen molar-refractivity contribution in [3.05, 3.63) is 16.1 Å². The van der Waals surface area contributed by atoms with Gasteiger partial charge in [0, 0.05) is 44.1 Å². The molecule has 0 aliphatic carbocycles. The highest BCUT2D eigenvalue weighted by Gasteiger charge is 2.30. The summed E-state index contributed by atoms with van der Waals surface area (Å²) >= 11 is 1.80. The fourth-order valence-corrected chi connectivity index (χ4v) is 4.21. The van der Waals surface area contributed by atoms with Crippen LogP contribution in [0.3, 0.4) is 0 Å². The third-order valence-corrected chi connectivity index (χ3v) is 5.77. The van der Waals surface area contributed by atoms with Crippen LogP contribution in [0.2, 0.25) is 0 Å². The summed E-state index contributed by atoms with van der Waals surface area (Å²) in [6, 6.07) is 0.545. The molecule has 1 aromatic heterocycles. The molecular weight excluding hydrogens is 308 g/mol. The fraction of sp³-hybridized carbons (Fsp3) is 0.765. The Labute approximate surface area is 143 Å². The molecule has 0 aromatic carbocycles. The van der Waals surface area contributed by atoms with Gasteiger partial charge in [-0.1, -0.05) is 13.8 Å². The highest BCUT2D eigenvalue weighted by Crippen LogP contribution is 2.21. The minimum atomic E-state index is 0.123. The summed E-state index contributed by atoms with van der Waals surface area (Å²) in [6.07, 6.45) is 4.49. The van der Waals surface area contributed by atoms with Gasteiger partial charge in [-0.15, -0.1) is 11.3 Å². The molecule has 2 aliphatic heterocycles. The van der Waals surface area contributed by atoms with Crippen molar-refractivity contribution < 1.29 is 4.79 Å². The molecule has 2 fully saturated rings. The number of piperidine rings is 1. The lowest BCUT2D eigenvalue weighted by Gasteiger charge is -2.35. The summed E-state index contributed by atoms with van der Waals surface area (Å²) in [7, 11) is 0. The number of urea groups is 1. The van der Waals surface area contributed by atoms with Crippen LogP contribution in [0, 0.1) is 5.92 Å². The van der Waals surface area contributed by atoms with E-state index in [2.05, 4.69) is 29.4 Å². The molecule has 0 unspecified atom stereocenters. The maximum Gasteiger partial charge on any atom is 0.317 e. The van der Waals surface area contributed by atoms with Gasteiger partial charge in [-0.05, 0) is 31.6 Å². The number of rotatable bonds is 6. The smallest absolute Gasteiger partial charge is 0.317 e. The molecular formula is C17H28N4OS. The molecule has 0 bridgehead atoms. The highest BCUT2D eigenvalue weighted by molar-refractivity contribution is 7.09. The van der Waals surface area contributed by atoms with Gasteiger partial charge in [-0.3, -0.25) is 4.90 Å². The van der Waals surface area contributed by atoms with Gasteiger partial charge in [0.15, 0.2) is 0 Å². The number of nitrogens with zero attached hydrogens (tertiary/aromatic N) is 3. The van der Waals surface area contributed by atoms with Crippen LogP contribution in [0.15, 0.2) is 5.38 Å². The predicted octanol–water partition coefficient (Wildman–Crippen LogP) is 2.72. The minimum absolute atomic E-state index is 0.123. The Morgan fingerprint density at radius 2 is 2.13 bits per heavy atom. The monoisotopic (exact) mass is 336 g/mol. The summed E-state index contributed by atoms with van der Waals surface area (Å²) < 4.78 is 0. The van der Waals surface area contributed by atoms with Crippen molar-refractivity contribution in [3.63, 3.8) is 0 Å². The lowest BCUT2D eigenvalue weighted by molar-refractivity contribution is 0.131. The fourth-order valence-electron chi connectivity index (χ4n) is 3.40. The maximum atomic E-state index is 11.8. The molecule has 3 heterocycles. The number of aryl methyl sites for hydroxylation is 1. The van der Waals surface area contributed by atoms with Crippen LogP contribution in [-0.2, 0) is 13.0 Å². The van der Waals surface area contributed by atoms with E-state index < -0.39 is 0 Å². The van der Waals surface area contributed by atoms with Crippen LogP contribution in [0.1, 0.15) is 43.8 Å². The Balaban J connectivity index is 1.44. The number of nitrogens with one attached hydrogen (secondary N) is 1. The lowest BCUT2D eigenvalue weighted by atomic mass is 10.0. The second-order valence-electron chi connectivity index (χ2n) is 7.10. The zero-order valence-corrected chi connectivity index (χ0v) is 15.1. The van der Waals surface area contributed by atoms with Crippen LogP contribution in [0.4, 0.5) is 4.79 Å². The van der Waals surface area contributed by atoms with E-state index in [-0.39, 0.29) is 6.03 Å². The van der Waals surface area contributed by atoms with Crippen LogP contribution in [0.5, 0.6) is 0 Å². The third-order valence-electron chi connectivity index (χ3n) is 4.81. The quantitative estimate of drug-likeness (QED) is 0.869. The van der Waals surface area contributed by atoms with E-state index in [1.807, 2.05) is 4.90 Å². The molecule has 0 radical (unpaired) electrons. The number of hydrogen-bond acceptors (Lipinski definition) is 4. The predicted molar refractivity (Wildman–Crippen MR) is 93.7 cm³/mol. The summed E-state index contributed by atoms with van der Waals surface area (Å²) in [4.78, 5) is 21.0. The molecule has 1 aromatic rings. The lowest BCUT2D eigenvalue weighted by Crippen LogP contribution is -2.45. The second kappa shape index (κ2) is 7.62. The number of thiazole rings is 1. The second-order valence-corrected chi connectivity index (χ2v) is 8.04. The molecule has 128 valence electrons. The van der Waals surface area contributed by atoms with Crippen LogP contribution in [-0.4, -0.2) is 53.0 Å². The summed E-state index contributed by atoms with van der Waals surface area (Å²) in [5, 5.41) is 6.40. The van der Waals surface area contributed by atoms with Crippen molar-refractivity contribution in [3.8, 4) is 0 Å². The van der Waals surface area contributed by atoms with Crippen LogP contribution < -0.4 is 5.32 Å². The van der Waals surface area contributed by atoms with E-state index in [0.29, 0.717) is 6.04 Å². The minimum Gasteiger partial charge on any atom is -0.336 e. The average molecular weight is 337 g/mol. The Morgan fingerprint density at radius 1 is 1.35 bits per heavy atom. The first-order valence-corrected chi connectivity index (χ1v) is 9.70. The molecule has 5 nitrogen and oxygen atoms in total. The maximum absolute atomic E-state index is 11.8. The Bertz CT molecular complexity index is 522. The molecule has 2 amide bonds. The summed E-state index contributed by atoms with van der Waals surface area (Å²) in [5.74, 6) is 0.740. The van der Waals surface area contributed by atoms with E-state index in [0.717, 1.165) is 57.9 Å². The van der Waals surface area contributed by atoms with Crippen molar-refractivity contribution in [2.75, 3.05) is 26.2 Å². The number of carbonyl (C=O) groups excluding carboxylic acids is 1. The first kappa shape index (κ1) is 16.7. The van der Waals surface area contributed by atoms with E-state index in [9.17, 15) is 4.79 Å². The van der Waals surface area contributed by atoms with E-state index in [4.69, 9.17) is 4.98 Å². The van der Waals surface area contributed by atoms with E-state index in [1.165, 1.54) is 17.1 Å². The van der Waals surface area contributed by atoms with Gasteiger partial charge >= 0.3 is 6.03 Å². The van der Waals surface area contributed by atoms with Gasteiger partial charge in [0.05, 0.1) is 10.7 Å². The Morgan fingerprint density at radius 3 is 2.78 bits per heavy atom. The molecule has 0 spiro atoms. The van der Waals surface area contributed by atoms with Gasteiger partial charge in [0.1, 0.15) is 0 Å². The van der Waals surface area contributed by atoms with Crippen LogP contribution >= 0.6 is 11.3 Å². The molecule has 3 rings (SSSR count). The number of aromatic nitrogens is 1. The number of hydrogen-bond donors (Lipinski definition) is 1. The average Bonchev–Trinajstić information content (AvgIpc) is 3.15. The topological polar surface area (TPSA) is 48.5 Å². The molecule has 0 atom stereocenters. The molecule has 2 aliphatic rings. The van der Waals surface area contributed by atoms with Gasteiger partial charge < -0.3 is 10.2 Å². The van der Waals surface area contributed by atoms with Gasteiger partial charge in [0.2, 0.25) is 0 Å².